The van der Waals surface area contributed by atoms with E-state index < -0.39 is 12.2 Å². The second-order valence-electron chi connectivity index (χ2n) is 6.53. The van der Waals surface area contributed by atoms with Crippen molar-refractivity contribution < 1.29 is 9.18 Å². The van der Waals surface area contributed by atoms with Gasteiger partial charge < -0.3 is 9.80 Å². The number of nitrogens with zero attached hydrogens (tertiary/aromatic N) is 3. The molecule has 2 rings (SSSR count). The molecule has 0 spiro atoms. The summed E-state index contributed by atoms with van der Waals surface area (Å²) in [6, 6.07) is 1.29. The number of carbonyl (C=O) groups is 1. The highest BCUT2D eigenvalue weighted by molar-refractivity contribution is 5.75. The number of amides is 2. The van der Waals surface area contributed by atoms with Crippen LogP contribution in [0.4, 0.5) is 9.18 Å². The molecule has 20 heavy (non-hydrogen) atoms. The summed E-state index contributed by atoms with van der Waals surface area (Å²) in [5.74, 6) is 1.62. The van der Waals surface area contributed by atoms with Gasteiger partial charge >= 0.3 is 6.03 Å². The number of carbonyl (C=O) groups excluding carboxylic acids is 1. The maximum atomic E-state index is 13.4. The van der Waals surface area contributed by atoms with Crippen LogP contribution in [-0.2, 0) is 0 Å². The minimum absolute atomic E-state index is 0.0649. The average Bonchev–Trinajstić information content (AvgIpc) is 2.79. The minimum atomic E-state index is -1.06. The van der Waals surface area contributed by atoms with Crippen molar-refractivity contribution in [3.05, 3.63) is 0 Å². The van der Waals surface area contributed by atoms with Gasteiger partial charge in [0.15, 0.2) is 0 Å². The summed E-state index contributed by atoms with van der Waals surface area (Å²) >= 11 is 0. The molecular formula is C15H24FN3O. The summed E-state index contributed by atoms with van der Waals surface area (Å²) in [5.41, 5.74) is 0. The van der Waals surface area contributed by atoms with Gasteiger partial charge in [0, 0.05) is 19.5 Å². The first kappa shape index (κ1) is 15.1. The zero-order valence-electron chi connectivity index (χ0n) is 12.6. The lowest BCUT2D eigenvalue weighted by molar-refractivity contribution is 0.0911. The quantitative estimate of drug-likeness (QED) is 0.742. The van der Waals surface area contributed by atoms with Gasteiger partial charge in [-0.15, -0.1) is 0 Å². The van der Waals surface area contributed by atoms with Crippen molar-refractivity contribution >= 4 is 6.03 Å². The summed E-state index contributed by atoms with van der Waals surface area (Å²) in [6.07, 6.45) is 0.0758. The molecule has 112 valence electrons. The lowest BCUT2D eigenvalue weighted by atomic mass is 9.80. The van der Waals surface area contributed by atoms with Gasteiger partial charge in [0.2, 0.25) is 0 Å². The number of hydrogen-bond donors (Lipinski definition) is 0. The van der Waals surface area contributed by atoms with E-state index >= 15 is 0 Å². The third-order valence-corrected chi connectivity index (χ3v) is 4.79. The van der Waals surface area contributed by atoms with Crippen LogP contribution in [0.15, 0.2) is 0 Å². The summed E-state index contributed by atoms with van der Waals surface area (Å²) in [6.45, 7) is 8.10. The first-order valence-corrected chi connectivity index (χ1v) is 7.53. The summed E-state index contributed by atoms with van der Waals surface area (Å²) < 4.78 is 13.4. The predicted molar refractivity (Wildman–Crippen MR) is 74.7 cm³/mol. The molecule has 0 aromatic rings. The van der Waals surface area contributed by atoms with Gasteiger partial charge in [-0.1, -0.05) is 20.8 Å². The zero-order chi connectivity index (χ0) is 14.9. The number of piperidine rings is 1. The van der Waals surface area contributed by atoms with Crippen LogP contribution in [0.25, 0.3) is 0 Å². The van der Waals surface area contributed by atoms with Gasteiger partial charge in [-0.25, -0.2) is 9.18 Å². The van der Waals surface area contributed by atoms with Crippen LogP contribution in [0.2, 0.25) is 0 Å². The van der Waals surface area contributed by atoms with Gasteiger partial charge in [0.25, 0.3) is 0 Å². The van der Waals surface area contributed by atoms with Gasteiger partial charge in [-0.3, -0.25) is 0 Å². The second kappa shape index (κ2) is 5.99. The Balaban J connectivity index is 2.04. The van der Waals surface area contributed by atoms with Crippen molar-refractivity contribution in [1.29, 1.82) is 5.26 Å². The molecule has 2 aliphatic heterocycles. The molecule has 5 heteroatoms. The van der Waals surface area contributed by atoms with Crippen LogP contribution in [0.1, 0.15) is 33.6 Å². The highest BCUT2D eigenvalue weighted by Crippen LogP contribution is 2.31. The van der Waals surface area contributed by atoms with Crippen LogP contribution >= 0.6 is 0 Å². The summed E-state index contributed by atoms with van der Waals surface area (Å²) in [4.78, 5) is 15.8. The van der Waals surface area contributed by atoms with Crippen LogP contribution in [0.5, 0.6) is 0 Å². The maximum absolute atomic E-state index is 13.4. The number of nitriles is 1. The fourth-order valence-corrected chi connectivity index (χ4v) is 3.44. The Kier molecular flexibility index (Phi) is 4.52. The standard InChI is InChI=1S/C15H24FN3O/c1-10(2)14-9-18(5-4-11(14)3)15(20)19-8-12(16)6-13(19)7-17/h10-14H,4-6,8-9H2,1-3H3. The number of alkyl halides is 1. The van der Waals surface area contributed by atoms with Crippen molar-refractivity contribution in [2.45, 2.75) is 45.8 Å². The normalized spacial score (nSPS) is 34.4. The molecule has 2 saturated heterocycles. The molecule has 0 aromatic carbocycles. The summed E-state index contributed by atoms with van der Waals surface area (Å²) in [5, 5.41) is 9.05. The molecule has 0 bridgehead atoms. The van der Waals surface area contributed by atoms with E-state index in [4.69, 9.17) is 5.26 Å². The van der Waals surface area contributed by atoms with Crippen LogP contribution < -0.4 is 0 Å². The Labute approximate surface area is 120 Å². The van der Waals surface area contributed by atoms with Gasteiger partial charge in [0.05, 0.1) is 12.6 Å². The van der Waals surface area contributed by atoms with Crippen LogP contribution in [0.3, 0.4) is 0 Å². The molecule has 0 N–H and O–H groups in total. The van der Waals surface area contributed by atoms with E-state index in [2.05, 4.69) is 20.8 Å². The highest BCUT2D eigenvalue weighted by atomic mass is 19.1. The molecule has 2 heterocycles. The molecule has 0 saturated carbocycles. The van der Waals surface area contributed by atoms with E-state index in [1.807, 2.05) is 11.0 Å². The molecule has 2 aliphatic rings. The Morgan fingerprint density at radius 1 is 1.40 bits per heavy atom. The third kappa shape index (κ3) is 2.89. The Morgan fingerprint density at radius 3 is 2.70 bits per heavy atom. The lowest BCUT2D eigenvalue weighted by Crippen LogP contribution is -2.51. The number of hydrogen-bond acceptors (Lipinski definition) is 2. The lowest BCUT2D eigenvalue weighted by Gasteiger charge is -2.40. The van der Waals surface area contributed by atoms with Crippen molar-refractivity contribution in [2.75, 3.05) is 19.6 Å². The Bertz CT molecular complexity index is 406. The monoisotopic (exact) mass is 281 g/mol. The van der Waals surface area contributed by atoms with E-state index in [-0.39, 0.29) is 19.0 Å². The molecular weight excluding hydrogens is 257 g/mol. The summed E-state index contributed by atoms with van der Waals surface area (Å²) in [7, 11) is 0. The van der Waals surface area contributed by atoms with Gasteiger partial charge in [0.1, 0.15) is 12.2 Å². The number of rotatable bonds is 1. The van der Waals surface area contributed by atoms with E-state index in [1.54, 1.807) is 0 Å². The molecule has 0 radical (unpaired) electrons. The average molecular weight is 281 g/mol. The van der Waals surface area contributed by atoms with Crippen molar-refractivity contribution in [1.82, 2.24) is 9.80 Å². The van der Waals surface area contributed by atoms with Crippen LogP contribution in [-0.4, -0.2) is 47.7 Å². The molecule has 2 amide bonds. The molecule has 4 unspecified atom stereocenters. The molecule has 2 fully saturated rings. The maximum Gasteiger partial charge on any atom is 0.321 e. The first-order valence-electron chi connectivity index (χ1n) is 7.53. The molecule has 4 nitrogen and oxygen atoms in total. The molecule has 0 aromatic heterocycles. The first-order chi connectivity index (χ1) is 9.43. The number of likely N-dealkylation sites (tertiary alicyclic amines) is 2. The molecule has 4 atom stereocenters. The third-order valence-electron chi connectivity index (χ3n) is 4.79. The predicted octanol–water partition coefficient (Wildman–Crippen LogP) is 2.66. The zero-order valence-corrected chi connectivity index (χ0v) is 12.6. The fourth-order valence-electron chi connectivity index (χ4n) is 3.44. The largest absolute Gasteiger partial charge is 0.324 e. The Hall–Kier alpha value is -1.31. The van der Waals surface area contributed by atoms with E-state index in [9.17, 15) is 9.18 Å². The minimum Gasteiger partial charge on any atom is -0.324 e. The molecule has 0 aliphatic carbocycles. The van der Waals surface area contributed by atoms with Gasteiger partial charge in [-0.2, -0.15) is 5.26 Å². The van der Waals surface area contributed by atoms with E-state index in [1.165, 1.54) is 4.90 Å². The fraction of sp³-hybridized carbons (Fsp3) is 0.867. The number of halogens is 1. The van der Waals surface area contributed by atoms with Crippen LogP contribution in [0, 0.1) is 29.1 Å². The van der Waals surface area contributed by atoms with Crippen molar-refractivity contribution in [3.63, 3.8) is 0 Å². The second-order valence-corrected chi connectivity index (χ2v) is 6.53. The van der Waals surface area contributed by atoms with Gasteiger partial charge in [-0.05, 0) is 24.2 Å². The van der Waals surface area contributed by atoms with E-state index in [0.717, 1.165) is 19.5 Å². The van der Waals surface area contributed by atoms with Crippen molar-refractivity contribution in [2.24, 2.45) is 17.8 Å². The number of urea groups is 1. The van der Waals surface area contributed by atoms with E-state index in [0.29, 0.717) is 17.8 Å². The topological polar surface area (TPSA) is 47.3 Å². The smallest absolute Gasteiger partial charge is 0.321 e. The SMILES string of the molecule is CC(C)C1CN(C(=O)N2CC(F)CC2C#N)CCC1C. The van der Waals surface area contributed by atoms with Crippen molar-refractivity contribution in [3.8, 4) is 6.07 Å². The Morgan fingerprint density at radius 2 is 2.10 bits per heavy atom. The highest BCUT2D eigenvalue weighted by Gasteiger charge is 2.39.